The van der Waals surface area contributed by atoms with Gasteiger partial charge in [-0.2, -0.15) is 0 Å². The fraction of sp³-hybridized carbons (Fsp3) is 0.366. The Labute approximate surface area is 301 Å². The number of aliphatic hydroxyl groups excluding tert-OH is 1. The number of benzene rings is 3. The molecule has 0 aliphatic carbocycles. The highest BCUT2D eigenvalue weighted by Gasteiger charge is 2.29. The van der Waals surface area contributed by atoms with E-state index in [0.717, 1.165) is 33.5 Å². The molecule has 0 radical (unpaired) electrons. The van der Waals surface area contributed by atoms with Crippen molar-refractivity contribution >= 4 is 17.9 Å². The number of hydrogen-bond donors (Lipinski definition) is 4. The summed E-state index contributed by atoms with van der Waals surface area (Å²) in [4.78, 5) is 42.9. The Morgan fingerprint density at radius 1 is 0.804 bits per heavy atom. The van der Waals surface area contributed by atoms with Crippen LogP contribution in [-0.4, -0.2) is 66.4 Å². The van der Waals surface area contributed by atoms with Crippen molar-refractivity contribution in [2.75, 3.05) is 20.3 Å². The number of aliphatic hydroxyl groups is 1. The minimum absolute atomic E-state index is 0.127. The van der Waals surface area contributed by atoms with Crippen LogP contribution < -0.4 is 20.7 Å². The summed E-state index contributed by atoms with van der Waals surface area (Å²) in [5, 5.41) is 20.6. The predicted molar refractivity (Wildman–Crippen MR) is 198 cm³/mol. The zero-order valence-corrected chi connectivity index (χ0v) is 30.1. The molecule has 10 nitrogen and oxygen atoms in total. The molecule has 1 aromatic heterocycles. The van der Waals surface area contributed by atoms with E-state index in [4.69, 9.17) is 4.74 Å². The maximum atomic E-state index is 13.5. The summed E-state index contributed by atoms with van der Waals surface area (Å²) in [6, 6.07) is 28.0. The number of alkyl carbamates (subject to hydrolysis) is 1. The van der Waals surface area contributed by atoms with Crippen molar-refractivity contribution in [3.05, 3.63) is 119 Å². The molecule has 4 rings (SSSR count). The molecule has 0 aliphatic rings. The number of pyridine rings is 1. The molecular formula is C41H50N4O6. The van der Waals surface area contributed by atoms with E-state index in [2.05, 4.69) is 25.7 Å². The van der Waals surface area contributed by atoms with Crippen LogP contribution in [0.25, 0.3) is 11.3 Å². The van der Waals surface area contributed by atoms with Crippen LogP contribution in [0.1, 0.15) is 48.9 Å². The number of hydrogen-bond acceptors (Lipinski definition) is 7. The molecule has 3 aromatic carbocycles. The van der Waals surface area contributed by atoms with E-state index in [-0.39, 0.29) is 37.8 Å². The normalized spacial score (nSPS) is 13.0. The number of nitrogens with zero attached hydrogens (tertiary/aromatic N) is 1. The number of aromatic nitrogens is 1. The van der Waals surface area contributed by atoms with Gasteiger partial charge < -0.3 is 30.5 Å². The average Bonchev–Trinajstić information content (AvgIpc) is 3.11. The molecule has 270 valence electrons. The summed E-state index contributed by atoms with van der Waals surface area (Å²) in [5.74, 6) is 0.0807. The lowest BCUT2D eigenvalue weighted by Gasteiger charge is -2.30. The topological polar surface area (TPSA) is 139 Å². The average molecular weight is 695 g/mol. The number of aryl methyl sites for hydroxylation is 2. The molecular weight excluding hydrogens is 644 g/mol. The zero-order valence-electron chi connectivity index (χ0n) is 30.1. The quantitative estimate of drug-likeness (QED) is 0.111. The number of carbonyl (C=O) groups is 3. The fourth-order valence-corrected chi connectivity index (χ4v) is 6.00. The smallest absolute Gasteiger partial charge is 0.406 e. The molecule has 0 fully saturated rings. The van der Waals surface area contributed by atoms with Gasteiger partial charge in [-0.25, -0.2) is 4.79 Å². The van der Waals surface area contributed by atoms with Gasteiger partial charge in [-0.05, 0) is 72.9 Å². The first-order valence-corrected chi connectivity index (χ1v) is 17.2. The molecule has 10 heteroatoms. The molecule has 4 aromatic rings. The van der Waals surface area contributed by atoms with Gasteiger partial charge in [0.1, 0.15) is 5.75 Å². The first kappa shape index (κ1) is 38.6. The van der Waals surface area contributed by atoms with Crippen LogP contribution in [0.5, 0.6) is 5.75 Å². The minimum Gasteiger partial charge on any atom is -0.483 e. The van der Waals surface area contributed by atoms with Crippen LogP contribution in [0.15, 0.2) is 97.2 Å². The van der Waals surface area contributed by atoms with Crippen molar-refractivity contribution in [3.63, 3.8) is 0 Å². The molecule has 0 aliphatic heterocycles. The van der Waals surface area contributed by atoms with Crippen molar-refractivity contribution in [3.8, 4) is 17.0 Å². The second kappa shape index (κ2) is 18.7. The Bertz CT molecular complexity index is 1690. The van der Waals surface area contributed by atoms with E-state index < -0.39 is 29.7 Å². The first-order valence-electron chi connectivity index (χ1n) is 17.2. The molecule has 0 saturated heterocycles. The molecule has 4 N–H and O–H groups in total. The molecule has 0 bridgehead atoms. The minimum atomic E-state index is -1.01. The number of methoxy groups -OCH3 is 1. The predicted octanol–water partition coefficient (Wildman–Crippen LogP) is 5.72. The van der Waals surface area contributed by atoms with Crippen LogP contribution in [0.3, 0.4) is 0 Å². The number of carbonyl (C=O) groups excluding carboxylic acids is 3. The highest BCUT2D eigenvalue weighted by molar-refractivity contribution is 5.78. The second-order valence-corrected chi connectivity index (χ2v) is 13.7. The van der Waals surface area contributed by atoms with Gasteiger partial charge in [0.2, 0.25) is 5.91 Å². The number of amides is 3. The van der Waals surface area contributed by atoms with Crippen molar-refractivity contribution in [2.45, 2.75) is 71.6 Å². The Hall–Kier alpha value is -5.22. The summed E-state index contributed by atoms with van der Waals surface area (Å²) in [5.41, 5.74) is 5.03. The molecule has 0 spiro atoms. The van der Waals surface area contributed by atoms with Crippen molar-refractivity contribution < 1.29 is 29.0 Å². The first-order chi connectivity index (χ1) is 24.4. The van der Waals surface area contributed by atoms with Gasteiger partial charge in [0.15, 0.2) is 6.61 Å². The second-order valence-electron chi connectivity index (χ2n) is 13.7. The van der Waals surface area contributed by atoms with E-state index in [1.807, 2.05) is 119 Å². The lowest BCUT2D eigenvalue weighted by Crippen LogP contribution is -2.50. The van der Waals surface area contributed by atoms with Crippen LogP contribution in [-0.2, 0) is 27.2 Å². The summed E-state index contributed by atoms with van der Waals surface area (Å²) in [6.45, 7) is 7.66. The van der Waals surface area contributed by atoms with E-state index in [0.29, 0.717) is 18.6 Å². The largest absolute Gasteiger partial charge is 0.483 e. The molecule has 1 heterocycles. The number of para-hydroxylation sites is 1. The number of nitrogens with one attached hydrogen (secondary N) is 3. The van der Waals surface area contributed by atoms with Crippen LogP contribution in [0, 0.1) is 19.3 Å². The van der Waals surface area contributed by atoms with Crippen molar-refractivity contribution in [1.82, 2.24) is 20.9 Å². The van der Waals surface area contributed by atoms with Crippen molar-refractivity contribution in [2.24, 2.45) is 5.41 Å². The summed E-state index contributed by atoms with van der Waals surface area (Å²) in [7, 11) is 1.29. The Balaban J connectivity index is 1.52. The van der Waals surface area contributed by atoms with Crippen LogP contribution in [0.4, 0.5) is 4.79 Å². The van der Waals surface area contributed by atoms with Gasteiger partial charge in [-0.3, -0.25) is 14.6 Å². The third-order valence-electron chi connectivity index (χ3n) is 8.69. The van der Waals surface area contributed by atoms with Crippen molar-refractivity contribution in [1.29, 1.82) is 0 Å². The third-order valence-corrected chi connectivity index (χ3v) is 8.69. The summed E-state index contributed by atoms with van der Waals surface area (Å²) < 4.78 is 10.6. The third kappa shape index (κ3) is 12.6. The van der Waals surface area contributed by atoms with Gasteiger partial charge in [-0.1, -0.05) is 92.7 Å². The SMILES string of the molecule is COC(=O)NCC(C)(C)CC(=O)NC(Cc1ccc(-c2ccccn2)cc1)CC(O)C(Cc1ccccc1)NC(=O)COc1c(C)cccc1C. The Kier molecular flexibility index (Phi) is 14.1. The van der Waals surface area contributed by atoms with E-state index in [1.165, 1.54) is 7.11 Å². The Morgan fingerprint density at radius 2 is 1.47 bits per heavy atom. The van der Waals surface area contributed by atoms with E-state index in [9.17, 15) is 19.5 Å². The zero-order chi connectivity index (χ0) is 36.8. The standard InChI is InChI=1S/C41H50N4O6/c1-28-12-11-13-29(2)39(28)51-26-38(48)45-35(23-30-14-7-6-8-15-30)36(46)24-33(44-37(47)25-41(3,4)27-43-40(49)50-5)22-31-17-19-32(20-18-31)34-16-9-10-21-42-34/h6-21,33,35-36,46H,22-27H2,1-5H3,(H,43,49)(H,44,47)(H,45,48). The summed E-state index contributed by atoms with van der Waals surface area (Å²) >= 11 is 0. The lowest BCUT2D eigenvalue weighted by atomic mass is 9.88. The van der Waals surface area contributed by atoms with Gasteiger partial charge in [0.25, 0.3) is 5.91 Å². The molecule has 3 unspecified atom stereocenters. The molecule has 51 heavy (non-hydrogen) atoms. The number of rotatable bonds is 17. The van der Waals surface area contributed by atoms with Gasteiger partial charge >= 0.3 is 6.09 Å². The van der Waals surface area contributed by atoms with Crippen LogP contribution >= 0.6 is 0 Å². The Morgan fingerprint density at radius 3 is 2.12 bits per heavy atom. The highest BCUT2D eigenvalue weighted by Crippen LogP contribution is 2.23. The van der Waals surface area contributed by atoms with Gasteiger partial charge in [-0.15, -0.1) is 0 Å². The van der Waals surface area contributed by atoms with Gasteiger partial charge in [0.05, 0.1) is 24.9 Å². The highest BCUT2D eigenvalue weighted by atomic mass is 16.5. The maximum Gasteiger partial charge on any atom is 0.406 e. The molecule has 0 saturated carbocycles. The van der Waals surface area contributed by atoms with Gasteiger partial charge in [0, 0.05) is 30.8 Å². The molecule has 3 amide bonds. The lowest BCUT2D eigenvalue weighted by molar-refractivity contribution is -0.126. The monoisotopic (exact) mass is 694 g/mol. The number of ether oxygens (including phenoxy) is 2. The molecule has 3 atom stereocenters. The fourth-order valence-electron chi connectivity index (χ4n) is 6.00. The summed E-state index contributed by atoms with van der Waals surface area (Å²) in [6.07, 6.45) is 1.29. The van der Waals surface area contributed by atoms with Crippen LogP contribution in [0.2, 0.25) is 0 Å². The maximum absolute atomic E-state index is 13.5. The van der Waals surface area contributed by atoms with E-state index >= 15 is 0 Å². The van der Waals surface area contributed by atoms with E-state index in [1.54, 1.807) is 6.20 Å².